The first-order chi connectivity index (χ1) is 13.5. The fourth-order valence-corrected chi connectivity index (χ4v) is 2.59. The fourth-order valence-electron chi connectivity index (χ4n) is 2.59. The molecule has 7 nitrogen and oxygen atoms in total. The first kappa shape index (κ1) is 21.5. The lowest BCUT2D eigenvalue weighted by molar-refractivity contribution is 0.285. The Labute approximate surface area is 166 Å². The van der Waals surface area contributed by atoms with Gasteiger partial charge < -0.3 is 9.47 Å². The smallest absolute Gasteiger partial charge is 0.252 e. The van der Waals surface area contributed by atoms with Gasteiger partial charge in [-0.15, -0.1) is 0 Å². The summed E-state index contributed by atoms with van der Waals surface area (Å²) in [5, 5.41) is 4.15. The second kappa shape index (κ2) is 11.1. The molecule has 2 aromatic rings. The molecule has 0 atom stereocenters. The quantitative estimate of drug-likeness (QED) is 0.341. The number of anilines is 1. The molecule has 0 saturated heterocycles. The minimum Gasteiger partial charge on any atom is -0.493 e. The largest absolute Gasteiger partial charge is 0.493 e. The number of rotatable bonds is 11. The number of aromatic amines is 1. The molecule has 0 aliphatic carbocycles. The van der Waals surface area contributed by atoms with Crippen molar-refractivity contribution in [2.75, 3.05) is 19.1 Å². The summed E-state index contributed by atoms with van der Waals surface area (Å²) in [5.41, 5.74) is 4.11. The van der Waals surface area contributed by atoms with Crippen molar-refractivity contribution in [1.82, 2.24) is 9.97 Å². The molecule has 1 aromatic carbocycles. The Morgan fingerprint density at radius 1 is 1.21 bits per heavy atom. The van der Waals surface area contributed by atoms with E-state index in [1.807, 2.05) is 32.0 Å². The summed E-state index contributed by atoms with van der Waals surface area (Å²) in [7, 11) is 1.62. The van der Waals surface area contributed by atoms with Crippen LogP contribution in [0.25, 0.3) is 0 Å². The zero-order valence-corrected chi connectivity index (χ0v) is 17.1. The highest BCUT2D eigenvalue weighted by molar-refractivity contribution is 5.81. The average molecular weight is 386 g/mol. The van der Waals surface area contributed by atoms with Gasteiger partial charge in [0.15, 0.2) is 11.5 Å². The molecule has 2 rings (SSSR count). The highest BCUT2D eigenvalue weighted by atomic mass is 16.5. The second-order valence-corrected chi connectivity index (χ2v) is 6.86. The molecule has 0 aliphatic rings. The highest BCUT2D eigenvalue weighted by Crippen LogP contribution is 2.27. The maximum Gasteiger partial charge on any atom is 0.252 e. The number of nitrogens with one attached hydrogen (secondary N) is 2. The molecule has 0 aliphatic heterocycles. The fraction of sp³-hybridized carbons (Fsp3) is 0.476. The monoisotopic (exact) mass is 386 g/mol. The van der Waals surface area contributed by atoms with Crippen molar-refractivity contribution in [3.8, 4) is 11.5 Å². The molecule has 0 unspecified atom stereocenters. The van der Waals surface area contributed by atoms with E-state index >= 15 is 0 Å². The van der Waals surface area contributed by atoms with Crippen LogP contribution in [0, 0.1) is 0 Å². The van der Waals surface area contributed by atoms with Crippen molar-refractivity contribution in [3.05, 3.63) is 45.9 Å². The van der Waals surface area contributed by atoms with E-state index in [9.17, 15) is 4.79 Å². The van der Waals surface area contributed by atoms with Gasteiger partial charge in [-0.3, -0.25) is 9.78 Å². The predicted molar refractivity (Wildman–Crippen MR) is 113 cm³/mol. The number of hydrazone groups is 1. The van der Waals surface area contributed by atoms with Gasteiger partial charge in [0, 0.05) is 6.07 Å². The SMILES string of the molecule is CCCCCCOc1ccc(/C=N\Nc2nc(C(C)C)cc(=O)[nH]2)cc1OC. The van der Waals surface area contributed by atoms with Gasteiger partial charge in [-0.05, 0) is 36.1 Å². The third-order valence-corrected chi connectivity index (χ3v) is 4.18. The van der Waals surface area contributed by atoms with Crippen LogP contribution in [0.1, 0.15) is 63.6 Å². The molecule has 2 N–H and O–H groups in total. The van der Waals surface area contributed by atoms with Gasteiger partial charge in [0.2, 0.25) is 5.95 Å². The molecule has 1 heterocycles. The lowest BCUT2D eigenvalue weighted by Crippen LogP contribution is -2.12. The maximum atomic E-state index is 11.7. The number of methoxy groups -OCH3 is 1. The molecule has 7 heteroatoms. The van der Waals surface area contributed by atoms with Crippen molar-refractivity contribution >= 4 is 12.2 Å². The number of benzene rings is 1. The van der Waals surface area contributed by atoms with E-state index in [-0.39, 0.29) is 11.5 Å². The van der Waals surface area contributed by atoms with E-state index in [2.05, 4.69) is 27.4 Å². The van der Waals surface area contributed by atoms with E-state index in [1.54, 1.807) is 13.3 Å². The molecule has 0 bridgehead atoms. The Balaban J connectivity index is 1.99. The number of nitrogens with zero attached hydrogens (tertiary/aromatic N) is 2. The molecule has 0 fully saturated rings. The van der Waals surface area contributed by atoms with E-state index in [1.165, 1.54) is 25.3 Å². The van der Waals surface area contributed by atoms with E-state index in [4.69, 9.17) is 9.47 Å². The van der Waals surface area contributed by atoms with Crippen LogP contribution in [0.15, 0.2) is 34.2 Å². The Morgan fingerprint density at radius 2 is 2.04 bits per heavy atom. The molecule has 1 aromatic heterocycles. The van der Waals surface area contributed by atoms with Crippen LogP contribution in [0.4, 0.5) is 5.95 Å². The number of hydrogen-bond acceptors (Lipinski definition) is 6. The van der Waals surface area contributed by atoms with E-state index in [0.29, 0.717) is 24.0 Å². The third-order valence-electron chi connectivity index (χ3n) is 4.18. The first-order valence-corrected chi connectivity index (χ1v) is 9.74. The minimum atomic E-state index is -0.210. The average Bonchev–Trinajstić information content (AvgIpc) is 2.68. The number of H-pyrrole nitrogens is 1. The van der Waals surface area contributed by atoms with Gasteiger partial charge in [0.25, 0.3) is 5.56 Å². The summed E-state index contributed by atoms with van der Waals surface area (Å²) in [6.45, 7) is 6.83. The van der Waals surface area contributed by atoms with Gasteiger partial charge in [-0.1, -0.05) is 40.0 Å². The van der Waals surface area contributed by atoms with Crippen LogP contribution in [0.2, 0.25) is 0 Å². The molecule has 0 radical (unpaired) electrons. The topological polar surface area (TPSA) is 88.6 Å². The van der Waals surface area contributed by atoms with Gasteiger partial charge in [0.05, 0.1) is 25.6 Å². The summed E-state index contributed by atoms with van der Waals surface area (Å²) in [6.07, 6.45) is 6.27. The maximum absolute atomic E-state index is 11.7. The summed E-state index contributed by atoms with van der Waals surface area (Å²) in [4.78, 5) is 18.7. The Bertz CT molecular complexity index is 831. The molecule has 0 amide bonds. The Morgan fingerprint density at radius 3 is 2.75 bits per heavy atom. The zero-order chi connectivity index (χ0) is 20.4. The van der Waals surface area contributed by atoms with Crippen LogP contribution in [-0.2, 0) is 0 Å². The van der Waals surface area contributed by atoms with Gasteiger partial charge in [0.1, 0.15) is 0 Å². The van der Waals surface area contributed by atoms with Crippen molar-refractivity contribution in [2.45, 2.75) is 52.4 Å². The van der Waals surface area contributed by atoms with Crippen LogP contribution >= 0.6 is 0 Å². The summed E-state index contributed by atoms with van der Waals surface area (Å²) < 4.78 is 11.2. The van der Waals surface area contributed by atoms with Crippen molar-refractivity contribution < 1.29 is 9.47 Å². The van der Waals surface area contributed by atoms with Crippen molar-refractivity contribution in [1.29, 1.82) is 0 Å². The molecule has 0 saturated carbocycles. The summed E-state index contributed by atoms with van der Waals surface area (Å²) in [5.74, 6) is 1.85. The standard InChI is InChI=1S/C21H30N4O3/c1-5-6-7-8-11-28-18-10-9-16(12-19(18)27-4)14-22-25-21-23-17(15(2)3)13-20(26)24-21/h9-10,12-15H,5-8,11H2,1-4H3,(H2,23,24,25,26)/b22-14-. The molecular weight excluding hydrogens is 356 g/mol. The van der Waals surface area contributed by atoms with Crippen LogP contribution in [-0.4, -0.2) is 29.9 Å². The highest BCUT2D eigenvalue weighted by Gasteiger charge is 2.06. The first-order valence-electron chi connectivity index (χ1n) is 9.74. The van der Waals surface area contributed by atoms with Crippen LogP contribution in [0.5, 0.6) is 11.5 Å². The van der Waals surface area contributed by atoms with E-state index in [0.717, 1.165) is 17.7 Å². The lowest BCUT2D eigenvalue weighted by atomic mass is 10.1. The predicted octanol–water partition coefficient (Wildman–Crippen LogP) is 4.31. The zero-order valence-electron chi connectivity index (χ0n) is 17.1. The number of hydrogen-bond donors (Lipinski definition) is 2. The Hall–Kier alpha value is -2.83. The molecule has 28 heavy (non-hydrogen) atoms. The van der Waals surface area contributed by atoms with Crippen molar-refractivity contribution in [2.24, 2.45) is 5.10 Å². The summed E-state index contributed by atoms with van der Waals surface area (Å²) >= 11 is 0. The van der Waals surface area contributed by atoms with Gasteiger partial charge in [-0.25, -0.2) is 10.4 Å². The van der Waals surface area contributed by atoms with Gasteiger partial charge >= 0.3 is 0 Å². The number of ether oxygens (including phenoxy) is 2. The molecule has 0 spiro atoms. The van der Waals surface area contributed by atoms with Crippen molar-refractivity contribution in [3.63, 3.8) is 0 Å². The number of unbranched alkanes of at least 4 members (excludes halogenated alkanes) is 3. The van der Waals surface area contributed by atoms with Crippen LogP contribution in [0.3, 0.4) is 0 Å². The third kappa shape index (κ3) is 6.72. The van der Waals surface area contributed by atoms with Gasteiger partial charge in [-0.2, -0.15) is 5.10 Å². The Kier molecular flexibility index (Phi) is 8.52. The normalized spacial score (nSPS) is 11.2. The van der Waals surface area contributed by atoms with E-state index < -0.39 is 0 Å². The minimum absolute atomic E-state index is 0.158. The summed E-state index contributed by atoms with van der Waals surface area (Å²) in [6, 6.07) is 7.12. The second-order valence-electron chi connectivity index (χ2n) is 6.86. The molecule has 152 valence electrons. The van der Waals surface area contributed by atoms with Crippen LogP contribution < -0.4 is 20.5 Å². The number of aromatic nitrogens is 2. The molecular formula is C21H30N4O3. The lowest BCUT2D eigenvalue weighted by Gasteiger charge is -2.11.